The number of ether oxygens (including phenoxy) is 1. The number of nitrogens with one attached hydrogen (secondary N) is 2. The third kappa shape index (κ3) is 6.58. The van der Waals surface area contributed by atoms with Gasteiger partial charge < -0.3 is 20.5 Å². The topological polar surface area (TPSA) is 87.7 Å². The van der Waals surface area contributed by atoms with Crippen molar-refractivity contribution < 1.29 is 19.4 Å². The van der Waals surface area contributed by atoms with Gasteiger partial charge in [0.1, 0.15) is 12.4 Å². The van der Waals surface area contributed by atoms with Crippen molar-refractivity contribution >= 4 is 11.8 Å². The molecular formula is C15H20N2O4. The summed E-state index contributed by atoms with van der Waals surface area (Å²) < 4.78 is 5.42. The van der Waals surface area contributed by atoms with Crippen molar-refractivity contribution in [2.75, 3.05) is 26.3 Å². The molecule has 21 heavy (non-hydrogen) atoms. The average molecular weight is 292 g/mol. The molecule has 0 aromatic heterocycles. The lowest BCUT2D eigenvalue weighted by molar-refractivity contribution is -0.120. The van der Waals surface area contributed by atoms with Crippen molar-refractivity contribution in [3.05, 3.63) is 42.0 Å². The Labute approximate surface area is 123 Å². The van der Waals surface area contributed by atoms with Crippen molar-refractivity contribution in [1.82, 2.24) is 10.6 Å². The van der Waals surface area contributed by atoms with Crippen LogP contribution in [0.3, 0.4) is 0 Å². The summed E-state index contributed by atoms with van der Waals surface area (Å²) >= 11 is 0. The fourth-order valence-corrected chi connectivity index (χ4v) is 1.46. The lowest BCUT2D eigenvalue weighted by Crippen LogP contribution is -2.37. The number of benzene rings is 1. The molecule has 0 aliphatic rings. The molecule has 0 aliphatic heterocycles. The van der Waals surface area contributed by atoms with Gasteiger partial charge in [0.25, 0.3) is 5.91 Å². The van der Waals surface area contributed by atoms with Crippen molar-refractivity contribution in [2.24, 2.45) is 0 Å². The number of aliphatic hydroxyl groups excluding tert-OH is 1. The first-order chi connectivity index (χ1) is 10.2. The van der Waals surface area contributed by atoms with Gasteiger partial charge in [-0.1, -0.05) is 12.2 Å². The van der Waals surface area contributed by atoms with E-state index in [4.69, 9.17) is 9.84 Å². The van der Waals surface area contributed by atoms with Gasteiger partial charge in [0.15, 0.2) is 0 Å². The SMILES string of the molecule is CC=CCOc1ccc(C(=O)NCC(=O)NCCO)cc1. The van der Waals surface area contributed by atoms with Crippen LogP contribution in [0.15, 0.2) is 36.4 Å². The largest absolute Gasteiger partial charge is 0.490 e. The highest BCUT2D eigenvalue weighted by molar-refractivity contribution is 5.96. The van der Waals surface area contributed by atoms with Crippen molar-refractivity contribution in [2.45, 2.75) is 6.92 Å². The zero-order valence-corrected chi connectivity index (χ0v) is 12.0. The van der Waals surface area contributed by atoms with Gasteiger partial charge in [-0.25, -0.2) is 0 Å². The first kappa shape index (κ1) is 16.7. The molecule has 1 aromatic rings. The van der Waals surface area contributed by atoms with E-state index >= 15 is 0 Å². The summed E-state index contributed by atoms with van der Waals surface area (Å²) in [5, 5.41) is 13.5. The van der Waals surface area contributed by atoms with Crippen LogP contribution in [0.1, 0.15) is 17.3 Å². The van der Waals surface area contributed by atoms with E-state index in [1.165, 1.54) is 0 Å². The Kier molecular flexibility index (Phi) is 7.60. The van der Waals surface area contributed by atoms with E-state index < -0.39 is 0 Å². The monoisotopic (exact) mass is 292 g/mol. The van der Waals surface area contributed by atoms with E-state index in [-0.39, 0.29) is 31.5 Å². The van der Waals surface area contributed by atoms with Crippen LogP contribution < -0.4 is 15.4 Å². The van der Waals surface area contributed by atoms with Crippen LogP contribution in [0, 0.1) is 0 Å². The van der Waals surface area contributed by atoms with Crippen LogP contribution in [0.2, 0.25) is 0 Å². The molecule has 2 amide bonds. The molecule has 0 saturated carbocycles. The van der Waals surface area contributed by atoms with Crippen LogP contribution in [0.25, 0.3) is 0 Å². The third-order valence-electron chi connectivity index (χ3n) is 2.54. The summed E-state index contributed by atoms with van der Waals surface area (Å²) in [6, 6.07) is 6.66. The molecule has 6 nitrogen and oxygen atoms in total. The van der Waals surface area contributed by atoms with Crippen molar-refractivity contribution in [1.29, 1.82) is 0 Å². The average Bonchev–Trinajstić information content (AvgIpc) is 2.51. The van der Waals surface area contributed by atoms with Gasteiger partial charge in [0.2, 0.25) is 5.91 Å². The molecule has 3 N–H and O–H groups in total. The quantitative estimate of drug-likeness (QED) is 0.608. The zero-order valence-electron chi connectivity index (χ0n) is 12.0. The van der Waals surface area contributed by atoms with Crippen molar-refractivity contribution in [3.8, 4) is 5.75 Å². The number of aliphatic hydroxyl groups is 1. The second-order valence-corrected chi connectivity index (χ2v) is 4.16. The maximum atomic E-state index is 11.8. The van der Waals surface area contributed by atoms with Crippen LogP contribution in [-0.2, 0) is 4.79 Å². The molecule has 0 saturated heterocycles. The molecule has 1 rings (SSSR count). The van der Waals surface area contributed by atoms with Crippen LogP contribution in [0.5, 0.6) is 5.75 Å². The fourth-order valence-electron chi connectivity index (χ4n) is 1.46. The predicted molar refractivity (Wildman–Crippen MR) is 79.2 cm³/mol. The van der Waals surface area contributed by atoms with Gasteiger partial charge in [0, 0.05) is 12.1 Å². The van der Waals surface area contributed by atoms with Gasteiger partial charge in [-0.2, -0.15) is 0 Å². The summed E-state index contributed by atoms with van der Waals surface area (Å²) in [4.78, 5) is 23.1. The molecule has 0 radical (unpaired) electrons. The summed E-state index contributed by atoms with van der Waals surface area (Å²) in [6.45, 7) is 2.31. The zero-order chi connectivity index (χ0) is 15.5. The van der Waals surface area contributed by atoms with Crippen LogP contribution >= 0.6 is 0 Å². The molecule has 0 bridgehead atoms. The molecular weight excluding hydrogens is 272 g/mol. The van der Waals surface area contributed by atoms with E-state index in [1.807, 2.05) is 19.1 Å². The lowest BCUT2D eigenvalue weighted by Gasteiger charge is -2.07. The number of hydrogen-bond donors (Lipinski definition) is 3. The standard InChI is InChI=1S/C15H20N2O4/c1-2-3-10-21-13-6-4-12(5-7-13)15(20)17-11-14(19)16-8-9-18/h2-7,18H,8-11H2,1H3,(H,16,19)(H,17,20). The molecule has 6 heteroatoms. The number of carbonyl (C=O) groups excluding carboxylic acids is 2. The Morgan fingerprint density at radius 3 is 2.57 bits per heavy atom. The molecule has 0 unspecified atom stereocenters. The Bertz CT molecular complexity index is 483. The Morgan fingerprint density at radius 1 is 1.24 bits per heavy atom. The molecule has 1 aromatic carbocycles. The summed E-state index contributed by atoms with van der Waals surface area (Å²) in [5.74, 6) is -0.0109. The Hall–Kier alpha value is -2.34. The Balaban J connectivity index is 2.42. The highest BCUT2D eigenvalue weighted by Gasteiger charge is 2.07. The number of allylic oxidation sites excluding steroid dienone is 1. The second kappa shape index (κ2) is 9.55. The molecule has 0 spiro atoms. The van der Waals surface area contributed by atoms with Gasteiger partial charge in [-0.3, -0.25) is 9.59 Å². The fraction of sp³-hybridized carbons (Fsp3) is 0.333. The summed E-state index contributed by atoms with van der Waals surface area (Å²) in [5.41, 5.74) is 0.448. The number of rotatable bonds is 8. The Morgan fingerprint density at radius 2 is 1.95 bits per heavy atom. The third-order valence-corrected chi connectivity index (χ3v) is 2.54. The van der Waals surface area contributed by atoms with Crippen LogP contribution in [-0.4, -0.2) is 43.2 Å². The molecule has 0 heterocycles. The number of carbonyl (C=O) groups is 2. The van der Waals surface area contributed by atoms with Crippen molar-refractivity contribution in [3.63, 3.8) is 0 Å². The molecule has 114 valence electrons. The summed E-state index contributed by atoms with van der Waals surface area (Å²) in [6.07, 6.45) is 3.77. The maximum Gasteiger partial charge on any atom is 0.251 e. The smallest absolute Gasteiger partial charge is 0.251 e. The molecule has 0 atom stereocenters. The molecule has 0 fully saturated rings. The first-order valence-corrected chi connectivity index (χ1v) is 6.67. The van der Waals surface area contributed by atoms with E-state index in [0.29, 0.717) is 17.9 Å². The summed E-state index contributed by atoms with van der Waals surface area (Å²) in [7, 11) is 0. The van der Waals surface area contributed by atoms with Crippen LogP contribution in [0.4, 0.5) is 0 Å². The minimum atomic E-state index is -0.344. The van der Waals surface area contributed by atoms with E-state index in [0.717, 1.165) is 0 Å². The normalized spacial score (nSPS) is 10.4. The predicted octanol–water partition coefficient (Wildman–Crippen LogP) is 0.480. The lowest BCUT2D eigenvalue weighted by atomic mass is 10.2. The van der Waals surface area contributed by atoms with E-state index in [1.54, 1.807) is 24.3 Å². The van der Waals surface area contributed by atoms with Gasteiger partial charge in [-0.05, 0) is 31.2 Å². The van der Waals surface area contributed by atoms with Gasteiger partial charge >= 0.3 is 0 Å². The van der Waals surface area contributed by atoms with Gasteiger partial charge in [0.05, 0.1) is 13.2 Å². The minimum absolute atomic E-state index is 0.127. The second-order valence-electron chi connectivity index (χ2n) is 4.16. The number of amides is 2. The van der Waals surface area contributed by atoms with E-state index in [2.05, 4.69) is 10.6 Å². The van der Waals surface area contributed by atoms with E-state index in [9.17, 15) is 9.59 Å². The highest BCUT2D eigenvalue weighted by atomic mass is 16.5. The van der Waals surface area contributed by atoms with Gasteiger partial charge in [-0.15, -0.1) is 0 Å². The first-order valence-electron chi connectivity index (χ1n) is 6.67. The number of hydrogen-bond acceptors (Lipinski definition) is 4. The molecule has 0 aliphatic carbocycles. The maximum absolute atomic E-state index is 11.8. The minimum Gasteiger partial charge on any atom is -0.490 e. The highest BCUT2D eigenvalue weighted by Crippen LogP contribution is 2.12.